The van der Waals surface area contributed by atoms with E-state index in [1.54, 1.807) is 6.92 Å². The van der Waals surface area contributed by atoms with Crippen molar-refractivity contribution in [2.24, 2.45) is 0 Å². The van der Waals surface area contributed by atoms with Crippen LogP contribution in [0, 0.1) is 11.6 Å². The first-order valence-electron chi connectivity index (χ1n) is 6.23. The Morgan fingerprint density at radius 3 is 2.20 bits per heavy atom. The molecule has 6 heteroatoms. The lowest BCUT2D eigenvalue weighted by atomic mass is 10.2. The zero-order valence-electron chi connectivity index (χ0n) is 11.2. The van der Waals surface area contributed by atoms with E-state index in [2.05, 4.69) is 9.97 Å². The fraction of sp³-hybridized carbons (Fsp3) is 0.286. The van der Waals surface area contributed by atoms with E-state index in [1.165, 1.54) is 24.5 Å². The number of halogens is 2. The number of ether oxygens (including phenoxy) is 2. The molecular formula is C14H14F2N2O2. The molecule has 1 heterocycles. The van der Waals surface area contributed by atoms with Crippen molar-refractivity contribution < 1.29 is 18.3 Å². The zero-order valence-corrected chi connectivity index (χ0v) is 11.2. The maximum absolute atomic E-state index is 14.0. The fourth-order valence-corrected chi connectivity index (χ4v) is 1.67. The third-order valence-electron chi connectivity index (χ3n) is 2.53. The van der Waals surface area contributed by atoms with Crippen molar-refractivity contribution in [2.45, 2.75) is 13.8 Å². The highest BCUT2D eigenvalue weighted by Gasteiger charge is 2.17. The Balaban J connectivity index is 2.35. The first-order valence-corrected chi connectivity index (χ1v) is 6.23. The predicted molar refractivity (Wildman–Crippen MR) is 69.7 cm³/mol. The molecule has 0 saturated carbocycles. The molecule has 0 radical (unpaired) electrons. The van der Waals surface area contributed by atoms with Crippen molar-refractivity contribution in [3.05, 3.63) is 36.2 Å². The summed E-state index contributed by atoms with van der Waals surface area (Å²) in [7, 11) is 0. The minimum absolute atomic E-state index is 0.0194. The SMILES string of the molecule is CCOc1cnc(-c2ccc(OCC)c(F)c2F)nc1. The van der Waals surface area contributed by atoms with Gasteiger partial charge in [-0.15, -0.1) is 0 Å². The van der Waals surface area contributed by atoms with Gasteiger partial charge >= 0.3 is 0 Å². The lowest BCUT2D eigenvalue weighted by Gasteiger charge is -2.08. The molecule has 0 bridgehead atoms. The largest absolute Gasteiger partial charge is 0.491 e. The van der Waals surface area contributed by atoms with Crippen LogP contribution in [-0.2, 0) is 0 Å². The lowest BCUT2D eigenvalue weighted by Crippen LogP contribution is -2.00. The third kappa shape index (κ3) is 2.84. The number of nitrogens with zero attached hydrogens (tertiary/aromatic N) is 2. The number of hydrogen-bond acceptors (Lipinski definition) is 4. The predicted octanol–water partition coefficient (Wildman–Crippen LogP) is 3.22. The van der Waals surface area contributed by atoms with E-state index >= 15 is 0 Å². The third-order valence-corrected chi connectivity index (χ3v) is 2.53. The van der Waals surface area contributed by atoms with E-state index in [9.17, 15) is 8.78 Å². The van der Waals surface area contributed by atoms with Gasteiger partial charge in [0.15, 0.2) is 23.1 Å². The molecule has 4 nitrogen and oxygen atoms in total. The van der Waals surface area contributed by atoms with Crippen LogP contribution >= 0.6 is 0 Å². The van der Waals surface area contributed by atoms with Crippen LogP contribution < -0.4 is 9.47 Å². The van der Waals surface area contributed by atoms with Crippen molar-refractivity contribution >= 4 is 0 Å². The highest BCUT2D eigenvalue weighted by atomic mass is 19.2. The molecular weight excluding hydrogens is 266 g/mol. The van der Waals surface area contributed by atoms with Crippen LogP contribution in [0.1, 0.15) is 13.8 Å². The Hall–Kier alpha value is -2.24. The van der Waals surface area contributed by atoms with Gasteiger partial charge in [0, 0.05) is 0 Å². The number of hydrogen-bond donors (Lipinski definition) is 0. The minimum atomic E-state index is -1.04. The quantitative estimate of drug-likeness (QED) is 0.843. The van der Waals surface area contributed by atoms with Crippen LogP contribution in [0.4, 0.5) is 8.78 Å². The topological polar surface area (TPSA) is 44.2 Å². The first-order chi connectivity index (χ1) is 9.67. The van der Waals surface area contributed by atoms with Gasteiger partial charge in [0.2, 0.25) is 5.82 Å². The van der Waals surface area contributed by atoms with E-state index in [4.69, 9.17) is 9.47 Å². The van der Waals surface area contributed by atoms with Crippen LogP contribution in [0.5, 0.6) is 11.5 Å². The van der Waals surface area contributed by atoms with Crippen LogP contribution in [0.2, 0.25) is 0 Å². The summed E-state index contributed by atoms with van der Waals surface area (Å²) in [6.45, 7) is 4.26. The summed E-state index contributed by atoms with van der Waals surface area (Å²) in [5.41, 5.74) is -0.0194. The summed E-state index contributed by atoms with van der Waals surface area (Å²) in [6, 6.07) is 2.75. The van der Waals surface area contributed by atoms with Crippen LogP contribution in [0.15, 0.2) is 24.5 Å². The van der Waals surface area contributed by atoms with Crippen LogP contribution in [-0.4, -0.2) is 23.2 Å². The number of aromatic nitrogens is 2. The average Bonchev–Trinajstić information content (AvgIpc) is 2.46. The first kappa shape index (κ1) is 14.2. The molecule has 1 aromatic carbocycles. The van der Waals surface area contributed by atoms with E-state index in [0.717, 1.165) is 0 Å². The van der Waals surface area contributed by atoms with Crippen molar-refractivity contribution in [3.63, 3.8) is 0 Å². The second kappa shape index (κ2) is 6.27. The monoisotopic (exact) mass is 280 g/mol. The van der Waals surface area contributed by atoms with Crippen molar-refractivity contribution in [1.82, 2.24) is 9.97 Å². The molecule has 1 aromatic heterocycles. The minimum Gasteiger partial charge on any atom is -0.491 e. The molecule has 0 amide bonds. The highest BCUT2D eigenvalue weighted by molar-refractivity contribution is 5.57. The molecule has 0 aliphatic carbocycles. The lowest BCUT2D eigenvalue weighted by molar-refractivity contribution is 0.314. The molecule has 0 N–H and O–H groups in total. The molecule has 2 aromatic rings. The van der Waals surface area contributed by atoms with Crippen molar-refractivity contribution in [1.29, 1.82) is 0 Å². The van der Waals surface area contributed by atoms with Crippen molar-refractivity contribution in [2.75, 3.05) is 13.2 Å². The highest BCUT2D eigenvalue weighted by Crippen LogP contribution is 2.28. The van der Waals surface area contributed by atoms with Gasteiger partial charge in [-0.05, 0) is 26.0 Å². The van der Waals surface area contributed by atoms with Gasteiger partial charge in [0.25, 0.3) is 0 Å². The number of benzene rings is 1. The Kier molecular flexibility index (Phi) is 4.45. The smallest absolute Gasteiger partial charge is 0.201 e. The Morgan fingerprint density at radius 1 is 0.950 bits per heavy atom. The Morgan fingerprint density at radius 2 is 1.60 bits per heavy atom. The Labute approximate surface area is 115 Å². The van der Waals surface area contributed by atoms with Crippen LogP contribution in [0.3, 0.4) is 0 Å². The maximum atomic E-state index is 14.0. The molecule has 0 fully saturated rings. The van der Waals surface area contributed by atoms with Gasteiger partial charge in [-0.2, -0.15) is 4.39 Å². The molecule has 0 atom stereocenters. The van der Waals surface area contributed by atoms with Gasteiger partial charge < -0.3 is 9.47 Å². The number of rotatable bonds is 5. The summed E-state index contributed by atoms with van der Waals surface area (Å²) in [5.74, 6) is -1.63. The normalized spacial score (nSPS) is 10.4. The molecule has 2 rings (SSSR count). The van der Waals surface area contributed by atoms with Gasteiger partial charge in [0.05, 0.1) is 31.2 Å². The summed E-state index contributed by atoms with van der Waals surface area (Å²) >= 11 is 0. The summed E-state index contributed by atoms with van der Waals surface area (Å²) < 4.78 is 37.9. The molecule has 0 spiro atoms. The molecule has 0 unspecified atom stereocenters. The van der Waals surface area contributed by atoms with Gasteiger partial charge in [-0.1, -0.05) is 0 Å². The standard InChI is InChI=1S/C14H14F2N2O2/c1-3-19-9-7-17-14(18-8-9)10-5-6-11(20-4-2)13(16)12(10)15/h5-8H,3-4H2,1-2H3. The van der Waals surface area contributed by atoms with E-state index in [1.807, 2.05) is 6.92 Å². The maximum Gasteiger partial charge on any atom is 0.201 e. The summed E-state index contributed by atoms with van der Waals surface area (Å²) in [5, 5.41) is 0. The Bertz CT molecular complexity index is 588. The summed E-state index contributed by atoms with van der Waals surface area (Å²) in [6.07, 6.45) is 2.83. The average molecular weight is 280 g/mol. The molecule has 0 aliphatic heterocycles. The fourth-order valence-electron chi connectivity index (χ4n) is 1.67. The van der Waals surface area contributed by atoms with E-state index in [-0.39, 0.29) is 23.7 Å². The van der Waals surface area contributed by atoms with Gasteiger partial charge in [-0.3, -0.25) is 0 Å². The van der Waals surface area contributed by atoms with E-state index in [0.29, 0.717) is 12.4 Å². The van der Waals surface area contributed by atoms with E-state index < -0.39 is 11.6 Å². The molecule has 0 aliphatic rings. The zero-order chi connectivity index (χ0) is 14.5. The molecule has 106 valence electrons. The molecule has 0 saturated heterocycles. The van der Waals surface area contributed by atoms with Crippen molar-refractivity contribution in [3.8, 4) is 22.9 Å². The second-order valence-electron chi connectivity index (χ2n) is 3.85. The van der Waals surface area contributed by atoms with Gasteiger partial charge in [-0.25, -0.2) is 14.4 Å². The second-order valence-corrected chi connectivity index (χ2v) is 3.85. The summed E-state index contributed by atoms with van der Waals surface area (Å²) in [4.78, 5) is 7.92. The van der Waals surface area contributed by atoms with Crippen LogP contribution in [0.25, 0.3) is 11.4 Å². The van der Waals surface area contributed by atoms with Gasteiger partial charge in [0.1, 0.15) is 0 Å². The molecule has 20 heavy (non-hydrogen) atoms.